The van der Waals surface area contributed by atoms with Crippen molar-refractivity contribution in [3.63, 3.8) is 0 Å². The largest absolute Gasteiger partial charge is 0.464 e. The van der Waals surface area contributed by atoms with E-state index < -0.39 is 5.97 Å². The maximum Gasteiger partial charge on any atom is 0.356 e. The molecule has 3 heteroatoms. The first kappa shape index (κ1) is 9.45. The quantitative estimate of drug-likeness (QED) is 0.550. The van der Waals surface area contributed by atoms with Gasteiger partial charge in [-0.1, -0.05) is 29.8 Å². The third kappa shape index (κ3) is 2.15. The Labute approximate surface area is 76.9 Å². The van der Waals surface area contributed by atoms with Gasteiger partial charge in [-0.2, -0.15) is 0 Å². The Balaban J connectivity index is 2.90. The van der Waals surface area contributed by atoms with Crippen LogP contribution >= 0.6 is 0 Å². The molecule has 0 amide bonds. The van der Waals surface area contributed by atoms with Gasteiger partial charge in [0.15, 0.2) is 0 Å². The van der Waals surface area contributed by atoms with E-state index >= 15 is 0 Å². The molecular formula is C10H11NO2. The van der Waals surface area contributed by atoms with Gasteiger partial charge in [0.1, 0.15) is 5.71 Å². The normalized spacial score (nSPS) is 9.38. The predicted octanol–water partition coefficient (Wildman–Crippen LogP) is 1.54. The molecule has 68 valence electrons. The predicted molar refractivity (Wildman–Crippen MR) is 50.0 cm³/mol. The van der Waals surface area contributed by atoms with Crippen molar-refractivity contribution in [3.8, 4) is 0 Å². The number of nitrogens with one attached hydrogen (secondary N) is 1. The summed E-state index contributed by atoms with van der Waals surface area (Å²) < 4.78 is 4.43. The SMILES string of the molecule is COC(=O)C(=N)c1ccc(C)cc1. The third-order valence-corrected chi connectivity index (χ3v) is 1.73. The van der Waals surface area contributed by atoms with Gasteiger partial charge in [-0.3, -0.25) is 5.41 Å². The Bertz CT molecular complexity index is 327. The summed E-state index contributed by atoms with van der Waals surface area (Å²) in [5, 5.41) is 7.43. The lowest BCUT2D eigenvalue weighted by Gasteiger charge is -2.01. The Morgan fingerprint density at radius 3 is 2.31 bits per heavy atom. The summed E-state index contributed by atoms with van der Waals surface area (Å²) in [7, 11) is 1.27. The lowest BCUT2D eigenvalue weighted by molar-refractivity contribution is -0.132. The number of methoxy groups -OCH3 is 1. The lowest BCUT2D eigenvalue weighted by Crippen LogP contribution is -2.15. The van der Waals surface area contributed by atoms with Crippen molar-refractivity contribution in [2.75, 3.05) is 7.11 Å². The van der Waals surface area contributed by atoms with Crippen LogP contribution in [0.3, 0.4) is 0 Å². The number of hydrogen-bond donors (Lipinski definition) is 1. The molecule has 0 saturated carbocycles. The molecular weight excluding hydrogens is 166 g/mol. The van der Waals surface area contributed by atoms with Crippen LogP contribution in [0.2, 0.25) is 0 Å². The van der Waals surface area contributed by atoms with E-state index in [1.54, 1.807) is 12.1 Å². The molecule has 1 aromatic carbocycles. The molecule has 0 fully saturated rings. The standard InChI is InChI=1S/C10H11NO2/c1-7-3-5-8(6-4-7)9(11)10(12)13-2/h3-6,11H,1-2H3. The van der Waals surface area contributed by atoms with E-state index in [0.717, 1.165) is 5.56 Å². The first-order chi connectivity index (χ1) is 6.15. The molecule has 0 spiro atoms. The fourth-order valence-corrected chi connectivity index (χ4v) is 0.940. The third-order valence-electron chi connectivity index (χ3n) is 1.73. The maximum atomic E-state index is 11.0. The van der Waals surface area contributed by atoms with Gasteiger partial charge >= 0.3 is 5.97 Å². The zero-order valence-corrected chi connectivity index (χ0v) is 7.63. The molecule has 1 rings (SSSR count). The van der Waals surface area contributed by atoms with Crippen LogP contribution < -0.4 is 0 Å². The summed E-state index contributed by atoms with van der Waals surface area (Å²) in [6.07, 6.45) is 0. The zero-order valence-electron chi connectivity index (χ0n) is 7.63. The van der Waals surface area contributed by atoms with Gasteiger partial charge < -0.3 is 4.74 Å². The van der Waals surface area contributed by atoms with Crippen molar-refractivity contribution < 1.29 is 9.53 Å². The first-order valence-corrected chi connectivity index (χ1v) is 3.89. The highest BCUT2D eigenvalue weighted by Gasteiger charge is 2.10. The number of hydrogen-bond acceptors (Lipinski definition) is 3. The molecule has 0 aromatic heterocycles. The van der Waals surface area contributed by atoms with E-state index in [1.165, 1.54) is 7.11 Å². The molecule has 1 N–H and O–H groups in total. The summed E-state index contributed by atoms with van der Waals surface area (Å²) >= 11 is 0. The second-order valence-electron chi connectivity index (χ2n) is 2.73. The Hall–Kier alpha value is -1.64. The van der Waals surface area contributed by atoms with Gasteiger partial charge in [0.2, 0.25) is 0 Å². The minimum absolute atomic E-state index is 0.109. The van der Waals surface area contributed by atoms with Gasteiger partial charge in [0.25, 0.3) is 0 Å². The van der Waals surface area contributed by atoms with Crippen LogP contribution in [0.25, 0.3) is 0 Å². The summed E-state index contributed by atoms with van der Waals surface area (Å²) in [5.74, 6) is -0.608. The van der Waals surface area contributed by atoms with Gasteiger partial charge in [-0.25, -0.2) is 4.79 Å². The van der Waals surface area contributed by atoms with E-state index in [0.29, 0.717) is 5.56 Å². The zero-order chi connectivity index (χ0) is 9.84. The van der Waals surface area contributed by atoms with E-state index in [2.05, 4.69) is 4.74 Å². The molecule has 0 aliphatic carbocycles. The van der Waals surface area contributed by atoms with Crippen LogP contribution in [0.5, 0.6) is 0 Å². The van der Waals surface area contributed by atoms with Gasteiger partial charge in [0, 0.05) is 5.56 Å². The number of esters is 1. The maximum absolute atomic E-state index is 11.0. The number of carbonyl (C=O) groups excluding carboxylic acids is 1. The van der Waals surface area contributed by atoms with Crippen LogP contribution in [0, 0.1) is 12.3 Å². The van der Waals surface area contributed by atoms with E-state index in [9.17, 15) is 4.79 Å². The molecule has 0 unspecified atom stereocenters. The Morgan fingerprint density at radius 2 is 1.85 bits per heavy atom. The molecule has 0 aliphatic rings. The highest BCUT2D eigenvalue weighted by atomic mass is 16.5. The van der Waals surface area contributed by atoms with Crippen molar-refractivity contribution in [1.82, 2.24) is 0 Å². The van der Waals surface area contributed by atoms with Crippen molar-refractivity contribution in [2.24, 2.45) is 0 Å². The molecule has 0 heterocycles. The molecule has 0 aliphatic heterocycles. The van der Waals surface area contributed by atoms with E-state index in [4.69, 9.17) is 5.41 Å². The second kappa shape index (κ2) is 3.85. The summed E-state index contributed by atoms with van der Waals surface area (Å²) in [4.78, 5) is 11.0. The first-order valence-electron chi connectivity index (χ1n) is 3.89. The van der Waals surface area contributed by atoms with Crippen molar-refractivity contribution in [1.29, 1.82) is 5.41 Å². The fraction of sp³-hybridized carbons (Fsp3) is 0.200. The number of rotatable bonds is 2. The average Bonchev–Trinajstić information content (AvgIpc) is 2.17. The van der Waals surface area contributed by atoms with Crippen molar-refractivity contribution >= 4 is 11.7 Å². The summed E-state index contributed by atoms with van der Waals surface area (Å²) in [6.45, 7) is 1.95. The van der Waals surface area contributed by atoms with Crippen LogP contribution in [-0.2, 0) is 9.53 Å². The van der Waals surface area contributed by atoms with Crippen LogP contribution in [0.15, 0.2) is 24.3 Å². The number of ether oxygens (including phenoxy) is 1. The van der Waals surface area contributed by atoms with Crippen molar-refractivity contribution in [3.05, 3.63) is 35.4 Å². The van der Waals surface area contributed by atoms with Gasteiger partial charge in [0.05, 0.1) is 7.11 Å². The molecule has 0 saturated heterocycles. The highest BCUT2D eigenvalue weighted by Crippen LogP contribution is 2.04. The van der Waals surface area contributed by atoms with Crippen LogP contribution in [0.4, 0.5) is 0 Å². The van der Waals surface area contributed by atoms with Crippen LogP contribution in [-0.4, -0.2) is 18.8 Å². The fourth-order valence-electron chi connectivity index (χ4n) is 0.940. The van der Waals surface area contributed by atoms with E-state index in [-0.39, 0.29) is 5.71 Å². The molecule has 1 aromatic rings. The topological polar surface area (TPSA) is 50.2 Å². The van der Waals surface area contributed by atoms with Crippen LogP contribution in [0.1, 0.15) is 11.1 Å². The van der Waals surface area contributed by atoms with E-state index in [1.807, 2.05) is 19.1 Å². The van der Waals surface area contributed by atoms with Gasteiger partial charge in [-0.05, 0) is 6.92 Å². The molecule has 0 radical (unpaired) electrons. The number of aryl methyl sites for hydroxylation is 1. The highest BCUT2D eigenvalue weighted by molar-refractivity contribution is 6.41. The molecule has 13 heavy (non-hydrogen) atoms. The Morgan fingerprint density at radius 1 is 1.31 bits per heavy atom. The minimum atomic E-state index is -0.608. The summed E-state index contributed by atoms with van der Waals surface area (Å²) in [6, 6.07) is 7.17. The molecule has 0 bridgehead atoms. The minimum Gasteiger partial charge on any atom is -0.464 e. The second-order valence-corrected chi connectivity index (χ2v) is 2.73. The average molecular weight is 177 g/mol. The summed E-state index contributed by atoms with van der Waals surface area (Å²) in [5.41, 5.74) is 1.57. The smallest absolute Gasteiger partial charge is 0.356 e. The molecule has 0 atom stereocenters. The van der Waals surface area contributed by atoms with Crippen molar-refractivity contribution in [2.45, 2.75) is 6.92 Å². The number of carbonyl (C=O) groups is 1. The lowest BCUT2D eigenvalue weighted by atomic mass is 10.1. The van der Waals surface area contributed by atoms with Gasteiger partial charge in [-0.15, -0.1) is 0 Å². The monoisotopic (exact) mass is 177 g/mol. The number of benzene rings is 1. The Kier molecular flexibility index (Phi) is 2.80. The molecule has 3 nitrogen and oxygen atoms in total.